The number of para-hydroxylation sites is 1. The van der Waals surface area contributed by atoms with Crippen molar-refractivity contribution >= 4 is 5.91 Å². The first-order valence-corrected chi connectivity index (χ1v) is 7.93. The van der Waals surface area contributed by atoms with Crippen molar-refractivity contribution < 1.29 is 26.8 Å². The summed E-state index contributed by atoms with van der Waals surface area (Å²) >= 11 is 0. The molecule has 1 saturated heterocycles. The molecule has 1 N–H and O–H groups in total. The van der Waals surface area contributed by atoms with Gasteiger partial charge in [-0.2, -0.15) is 0 Å². The number of rotatable bonds is 6. The van der Waals surface area contributed by atoms with E-state index < -0.39 is 0 Å². The molecule has 1 amide bonds. The maximum Gasteiger partial charge on any atom is 0.277 e. The van der Waals surface area contributed by atoms with Crippen molar-refractivity contribution in [1.82, 2.24) is 4.90 Å². The molecule has 0 aromatic heterocycles. The van der Waals surface area contributed by atoms with Crippen molar-refractivity contribution in [2.24, 2.45) is 0 Å². The summed E-state index contributed by atoms with van der Waals surface area (Å²) in [4.78, 5) is 15.5. The molecular weight excluding hydrogens is 300 g/mol. The van der Waals surface area contributed by atoms with Gasteiger partial charge in [0.1, 0.15) is 12.4 Å². The number of carbonyl (C=O) groups is 1. The van der Waals surface area contributed by atoms with Crippen LogP contribution in [-0.2, 0) is 4.79 Å². The van der Waals surface area contributed by atoms with Crippen LogP contribution in [0, 0.1) is 0 Å². The highest BCUT2D eigenvalue weighted by Gasteiger charge is 2.25. The van der Waals surface area contributed by atoms with Gasteiger partial charge in [-0.3, -0.25) is 4.79 Å². The van der Waals surface area contributed by atoms with E-state index in [1.54, 1.807) is 4.90 Å². The minimum Gasteiger partial charge on any atom is -1.00 e. The maximum absolute atomic E-state index is 12.2. The summed E-state index contributed by atoms with van der Waals surface area (Å²) in [6.45, 7) is 5.16. The summed E-state index contributed by atoms with van der Waals surface area (Å²) in [5.74, 6) is 1.07. The van der Waals surface area contributed by atoms with Gasteiger partial charge in [0, 0.05) is 7.05 Å². The normalized spacial score (nSPS) is 20.8. The molecule has 0 bridgehead atoms. The Bertz CT molecular complexity index is 442. The number of halogens is 1. The van der Waals surface area contributed by atoms with Crippen molar-refractivity contribution in [3.63, 3.8) is 0 Å². The average molecular weight is 327 g/mol. The van der Waals surface area contributed by atoms with Gasteiger partial charge in [-0.15, -0.1) is 0 Å². The molecule has 5 heteroatoms. The summed E-state index contributed by atoms with van der Waals surface area (Å²) in [5.41, 5.74) is 0. The third-order valence-corrected chi connectivity index (χ3v) is 4.32. The van der Waals surface area contributed by atoms with Gasteiger partial charge in [0.15, 0.2) is 6.54 Å². The van der Waals surface area contributed by atoms with Crippen molar-refractivity contribution in [1.29, 1.82) is 0 Å². The number of amides is 1. The van der Waals surface area contributed by atoms with Gasteiger partial charge in [0.05, 0.1) is 19.1 Å². The molecule has 0 aliphatic carbocycles. The number of ether oxygens (including phenoxy) is 1. The van der Waals surface area contributed by atoms with Crippen molar-refractivity contribution in [3.05, 3.63) is 30.3 Å². The van der Waals surface area contributed by atoms with E-state index in [1.165, 1.54) is 24.2 Å². The van der Waals surface area contributed by atoms with Gasteiger partial charge < -0.3 is 26.9 Å². The summed E-state index contributed by atoms with van der Waals surface area (Å²) in [6.07, 6.45) is 3.79. The van der Waals surface area contributed by atoms with Gasteiger partial charge >= 0.3 is 0 Å². The summed E-state index contributed by atoms with van der Waals surface area (Å²) in [5, 5.41) is 0. The van der Waals surface area contributed by atoms with E-state index in [4.69, 9.17) is 4.74 Å². The van der Waals surface area contributed by atoms with Crippen LogP contribution in [0.3, 0.4) is 0 Å². The predicted molar refractivity (Wildman–Crippen MR) is 83.6 cm³/mol. The van der Waals surface area contributed by atoms with Crippen molar-refractivity contribution in [2.45, 2.75) is 32.2 Å². The number of carbonyl (C=O) groups excluding carboxylic acids is 1. The quantitative estimate of drug-likeness (QED) is 0.655. The zero-order chi connectivity index (χ0) is 15.1. The fraction of sp³-hybridized carbons (Fsp3) is 0.588. The van der Waals surface area contributed by atoms with E-state index >= 15 is 0 Å². The standard InChI is InChI=1S/C17H26N2O2.ClH/c1-15-8-6-7-11-19(15)14-17(20)18(2)12-13-21-16-9-4-3-5-10-16;/h3-5,9-10,15H,6-8,11-14H2,1-2H3;1H. The van der Waals surface area contributed by atoms with Crippen LogP contribution < -0.4 is 22.0 Å². The summed E-state index contributed by atoms with van der Waals surface area (Å²) in [7, 11) is 1.87. The average Bonchev–Trinajstić information content (AvgIpc) is 2.50. The molecule has 1 aromatic carbocycles. The van der Waals surface area contributed by atoms with Crippen LogP contribution in [0.4, 0.5) is 0 Å². The molecule has 2 rings (SSSR count). The van der Waals surface area contributed by atoms with E-state index in [9.17, 15) is 4.79 Å². The fourth-order valence-electron chi connectivity index (χ4n) is 2.79. The zero-order valence-corrected chi connectivity index (χ0v) is 14.3. The Hall–Kier alpha value is -1.26. The number of nitrogens with zero attached hydrogens (tertiary/aromatic N) is 1. The second-order valence-electron chi connectivity index (χ2n) is 5.96. The number of nitrogens with one attached hydrogen (secondary N) is 1. The molecule has 2 unspecified atom stereocenters. The molecule has 22 heavy (non-hydrogen) atoms. The smallest absolute Gasteiger partial charge is 0.277 e. The first-order chi connectivity index (χ1) is 10.2. The van der Waals surface area contributed by atoms with Gasteiger partial charge in [-0.1, -0.05) is 18.2 Å². The number of benzene rings is 1. The minimum atomic E-state index is 0. The number of hydrogen-bond acceptors (Lipinski definition) is 2. The molecule has 2 atom stereocenters. The molecule has 1 aliphatic rings. The lowest BCUT2D eigenvalue weighted by Crippen LogP contribution is -3.17. The van der Waals surface area contributed by atoms with Crippen LogP contribution >= 0.6 is 0 Å². The third kappa shape index (κ3) is 5.85. The SMILES string of the molecule is CC1CCCC[NH+]1CC(=O)N(C)CCOc1ccccc1.[Cl-]. The monoisotopic (exact) mass is 326 g/mol. The van der Waals surface area contributed by atoms with Gasteiger partial charge in [0.2, 0.25) is 0 Å². The van der Waals surface area contributed by atoms with E-state index in [-0.39, 0.29) is 18.3 Å². The highest BCUT2D eigenvalue weighted by molar-refractivity contribution is 5.76. The molecule has 1 aromatic rings. The van der Waals surface area contributed by atoms with E-state index in [0.717, 1.165) is 12.3 Å². The highest BCUT2D eigenvalue weighted by atomic mass is 35.5. The molecule has 0 spiro atoms. The first-order valence-electron chi connectivity index (χ1n) is 7.93. The van der Waals surface area contributed by atoms with Crippen molar-refractivity contribution in [2.75, 3.05) is 33.3 Å². The molecule has 1 fully saturated rings. The lowest BCUT2D eigenvalue weighted by Gasteiger charge is -2.30. The molecule has 0 radical (unpaired) electrons. The van der Waals surface area contributed by atoms with Gasteiger partial charge in [-0.25, -0.2) is 0 Å². The van der Waals surface area contributed by atoms with Crippen LogP contribution in [0.15, 0.2) is 30.3 Å². The second-order valence-corrected chi connectivity index (χ2v) is 5.96. The maximum atomic E-state index is 12.2. The molecule has 0 saturated carbocycles. The Morgan fingerprint density at radius 2 is 2.05 bits per heavy atom. The Balaban J connectivity index is 0.00000242. The molecular formula is C17H27ClN2O2. The lowest BCUT2D eigenvalue weighted by atomic mass is 10.0. The number of likely N-dealkylation sites (N-methyl/N-ethyl adjacent to an activating group) is 1. The summed E-state index contributed by atoms with van der Waals surface area (Å²) in [6, 6.07) is 10.3. The van der Waals surface area contributed by atoms with E-state index in [0.29, 0.717) is 25.7 Å². The number of hydrogen-bond donors (Lipinski definition) is 1. The third-order valence-electron chi connectivity index (χ3n) is 4.32. The number of quaternary nitrogens is 1. The van der Waals surface area contributed by atoms with E-state index in [1.807, 2.05) is 37.4 Å². The fourth-order valence-corrected chi connectivity index (χ4v) is 2.79. The summed E-state index contributed by atoms with van der Waals surface area (Å²) < 4.78 is 5.64. The molecule has 124 valence electrons. The van der Waals surface area contributed by atoms with Crippen LogP contribution in [0.2, 0.25) is 0 Å². The van der Waals surface area contributed by atoms with Crippen LogP contribution in [0.5, 0.6) is 5.75 Å². The highest BCUT2D eigenvalue weighted by Crippen LogP contribution is 2.07. The lowest BCUT2D eigenvalue weighted by molar-refractivity contribution is -0.921. The predicted octanol–water partition coefficient (Wildman–Crippen LogP) is -2.01. The van der Waals surface area contributed by atoms with Crippen molar-refractivity contribution in [3.8, 4) is 5.75 Å². The molecule has 1 aliphatic heterocycles. The Morgan fingerprint density at radius 1 is 1.32 bits per heavy atom. The Labute approximate surface area is 139 Å². The number of piperidine rings is 1. The van der Waals surface area contributed by atoms with Crippen LogP contribution in [0.25, 0.3) is 0 Å². The topological polar surface area (TPSA) is 34.0 Å². The second kappa shape index (κ2) is 9.70. The Kier molecular flexibility index (Phi) is 8.28. The first kappa shape index (κ1) is 18.8. The van der Waals surface area contributed by atoms with Gasteiger partial charge in [0.25, 0.3) is 5.91 Å². The van der Waals surface area contributed by atoms with E-state index in [2.05, 4.69) is 6.92 Å². The minimum absolute atomic E-state index is 0. The Morgan fingerprint density at radius 3 is 2.73 bits per heavy atom. The largest absolute Gasteiger partial charge is 1.00 e. The molecule has 1 heterocycles. The van der Waals surface area contributed by atoms with Gasteiger partial charge in [-0.05, 0) is 38.3 Å². The zero-order valence-electron chi connectivity index (χ0n) is 13.6. The van der Waals surface area contributed by atoms with Crippen LogP contribution in [0.1, 0.15) is 26.2 Å². The number of likely N-dealkylation sites (tertiary alicyclic amines) is 1. The molecule has 4 nitrogen and oxygen atoms in total. The van der Waals surface area contributed by atoms with Crippen LogP contribution in [-0.4, -0.2) is 50.1 Å².